The van der Waals surface area contributed by atoms with E-state index in [9.17, 15) is 4.79 Å². The third kappa shape index (κ3) is 5.06. The van der Waals surface area contributed by atoms with Crippen molar-refractivity contribution in [1.82, 2.24) is 10.2 Å². The number of hydrogen-bond acceptors (Lipinski definition) is 6. The number of carbonyl (C=O) groups excluding carboxylic acids is 1. The molecule has 0 unspecified atom stereocenters. The quantitative estimate of drug-likeness (QED) is 0.394. The number of aromatic nitrogens is 2. The fourth-order valence-electron chi connectivity index (χ4n) is 2.14. The van der Waals surface area contributed by atoms with Crippen molar-refractivity contribution in [3.8, 4) is 5.75 Å². The number of thioether (sulfide) groups is 1. The zero-order chi connectivity index (χ0) is 18.4. The molecule has 0 fully saturated rings. The zero-order valence-electron chi connectivity index (χ0n) is 13.9. The first kappa shape index (κ1) is 18.9. The number of nitrogens with zero attached hydrogens (tertiary/aromatic N) is 2. The molecule has 1 N–H and O–H groups in total. The van der Waals surface area contributed by atoms with Crippen LogP contribution in [0.1, 0.15) is 22.8 Å². The van der Waals surface area contributed by atoms with E-state index in [1.807, 2.05) is 25.1 Å². The number of halogens is 1. The van der Waals surface area contributed by atoms with Gasteiger partial charge in [-0.25, -0.2) is 0 Å². The number of amides is 1. The van der Waals surface area contributed by atoms with Crippen LogP contribution >= 0.6 is 39.0 Å². The van der Waals surface area contributed by atoms with Crippen LogP contribution in [0.3, 0.4) is 0 Å². The van der Waals surface area contributed by atoms with Gasteiger partial charge in [0.1, 0.15) is 5.75 Å². The Balaban J connectivity index is 1.61. The molecule has 0 aliphatic heterocycles. The molecule has 134 valence electrons. The lowest BCUT2D eigenvalue weighted by Gasteiger charge is -2.08. The highest BCUT2D eigenvalue weighted by atomic mass is 79.9. The van der Waals surface area contributed by atoms with Gasteiger partial charge in [-0.3, -0.25) is 10.1 Å². The molecule has 1 aromatic heterocycles. The maximum absolute atomic E-state index is 12.5. The molecule has 1 amide bonds. The van der Waals surface area contributed by atoms with Gasteiger partial charge in [0.05, 0.1) is 12.2 Å². The minimum absolute atomic E-state index is 0.255. The van der Waals surface area contributed by atoms with Crippen molar-refractivity contribution in [1.29, 1.82) is 0 Å². The van der Waals surface area contributed by atoms with E-state index in [-0.39, 0.29) is 5.91 Å². The van der Waals surface area contributed by atoms with E-state index in [0.29, 0.717) is 23.1 Å². The molecule has 26 heavy (non-hydrogen) atoms. The van der Waals surface area contributed by atoms with Crippen LogP contribution in [0.5, 0.6) is 5.75 Å². The highest BCUT2D eigenvalue weighted by Crippen LogP contribution is 2.29. The maximum atomic E-state index is 12.5. The fourth-order valence-corrected chi connectivity index (χ4v) is 4.11. The second kappa shape index (κ2) is 9.16. The van der Waals surface area contributed by atoms with Crippen LogP contribution in [0.4, 0.5) is 5.13 Å². The summed E-state index contributed by atoms with van der Waals surface area (Å²) in [4.78, 5) is 12.5. The van der Waals surface area contributed by atoms with Crippen LogP contribution in [-0.2, 0) is 5.75 Å². The number of anilines is 1. The van der Waals surface area contributed by atoms with Crippen molar-refractivity contribution in [2.75, 3.05) is 11.9 Å². The number of carbonyl (C=O) groups is 1. The van der Waals surface area contributed by atoms with Crippen LogP contribution in [0, 0.1) is 0 Å². The van der Waals surface area contributed by atoms with Gasteiger partial charge in [0.25, 0.3) is 5.91 Å². The average molecular weight is 450 g/mol. The fraction of sp³-hybridized carbons (Fsp3) is 0.167. The van der Waals surface area contributed by atoms with E-state index in [4.69, 9.17) is 4.74 Å². The van der Waals surface area contributed by atoms with Crippen LogP contribution < -0.4 is 10.1 Å². The van der Waals surface area contributed by atoms with E-state index < -0.39 is 0 Å². The molecule has 0 saturated heterocycles. The van der Waals surface area contributed by atoms with Gasteiger partial charge in [0, 0.05) is 10.2 Å². The molecule has 1 heterocycles. The Hall–Kier alpha value is -1.90. The van der Waals surface area contributed by atoms with Crippen molar-refractivity contribution in [3.63, 3.8) is 0 Å². The summed E-state index contributed by atoms with van der Waals surface area (Å²) >= 11 is 6.37. The van der Waals surface area contributed by atoms with E-state index in [1.165, 1.54) is 16.9 Å². The third-order valence-corrected chi connectivity index (χ3v) is 5.91. The van der Waals surface area contributed by atoms with Crippen molar-refractivity contribution in [3.05, 3.63) is 64.1 Å². The lowest BCUT2D eigenvalue weighted by Crippen LogP contribution is -2.13. The number of rotatable bonds is 7. The summed E-state index contributed by atoms with van der Waals surface area (Å²) in [5.74, 6) is 1.10. The molecule has 5 nitrogen and oxygen atoms in total. The molecule has 2 aromatic carbocycles. The van der Waals surface area contributed by atoms with E-state index in [0.717, 1.165) is 14.6 Å². The Morgan fingerprint density at radius 3 is 2.73 bits per heavy atom. The molecule has 0 saturated carbocycles. The molecule has 0 atom stereocenters. The van der Waals surface area contributed by atoms with Gasteiger partial charge >= 0.3 is 0 Å². The SMILES string of the molecule is CCOc1ccccc1C(=O)Nc1nnc(SCc2ccc(Br)cc2)s1. The smallest absolute Gasteiger partial charge is 0.261 e. The minimum atomic E-state index is -0.255. The van der Waals surface area contributed by atoms with Gasteiger partial charge in [-0.2, -0.15) is 0 Å². The van der Waals surface area contributed by atoms with Crippen LogP contribution in [0.15, 0.2) is 57.3 Å². The highest BCUT2D eigenvalue weighted by molar-refractivity contribution is 9.10. The van der Waals surface area contributed by atoms with Crippen LogP contribution in [0.2, 0.25) is 0 Å². The normalized spacial score (nSPS) is 10.5. The van der Waals surface area contributed by atoms with Gasteiger partial charge in [0.15, 0.2) is 4.34 Å². The van der Waals surface area contributed by atoms with Gasteiger partial charge in [-0.1, -0.05) is 63.3 Å². The molecular weight excluding hydrogens is 434 g/mol. The first-order valence-corrected chi connectivity index (χ1v) is 10.5. The average Bonchev–Trinajstić information content (AvgIpc) is 3.09. The number of hydrogen-bond donors (Lipinski definition) is 1. The molecule has 8 heteroatoms. The molecule has 0 aliphatic carbocycles. The predicted octanol–water partition coefficient (Wildman–Crippen LogP) is 5.24. The first-order chi connectivity index (χ1) is 12.7. The Kier molecular flexibility index (Phi) is 6.65. The Bertz CT molecular complexity index is 884. The summed E-state index contributed by atoms with van der Waals surface area (Å²) in [5.41, 5.74) is 1.68. The highest BCUT2D eigenvalue weighted by Gasteiger charge is 2.14. The second-order valence-electron chi connectivity index (χ2n) is 5.17. The van der Waals surface area contributed by atoms with E-state index >= 15 is 0 Å². The van der Waals surface area contributed by atoms with Crippen molar-refractivity contribution < 1.29 is 9.53 Å². The van der Waals surface area contributed by atoms with Crippen molar-refractivity contribution >= 4 is 50.1 Å². The predicted molar refractivity (Wildman–Crippen MR) is 109 cm³/mol. The monoisotopic (exact) mass is 449 g/mol. The third-order valence-electron chi connectivity index (χ3n) is 3.33. The first-order valence-electron chi connectivity index (χ1n) is 7.89. The summed E-state index contributed by atoms with van der Waals surface area (Å²) in [5, 5.41) is 11.4. The second-order valence-corrected chi connectivity index (χ2v) is 8.29. The topological polar surface area (TPSA) is 64.1 Å². The standard InChI is InChI=1S/C18H16BrN3O2S2/c1-2-24-15-6-4-3-5-14(15)16(23)20-17-21-22-18(26-17)25-11-12-7-9-13(19)10-8-12/h3-10H,2,11H2,1H3,(H,20,21,23). The van der Waals surface area contributed by atoms with Crippen molar-refractivity contribution in [2.24, 2.45) is 0 Å². The number of benzene rings is 2. The maximum Gasteiger partial charge on any atom is 0.261 e. The summed E-state index contributed by atoms with van der Waals surface area (Å²) in [6, 6.07) is 15.3. The zero-order valence-corrected chi connectivity index (χ0v) is 17.2. The molecule has 3 aromatic rings. The summed E-state index contributed by atoms with van der Waals surface area (Å²) in [6.45, 7) is 2.38. The van der Waals surface area contributed by atoms with Crippen molar-refractivity contribution in [2.45, 2.75) is 17.0 Å². The molecule has 3 rings (SSSR count). The largest absolute Gasteiger partial charge is 0.493 e. The molecule has 0 bridgehead atoms. The molecule has 0 spiro atoms. The van der Waals surface area contributed by atoms with Gasteiger partial charge < -0.3 is 4.74 Å². The lowest BCUT2D eigenvalue weighted by molar-refractivity contribution is 0.102. The Labute approximate surface area is 168 Å². The minimum Gasteiger partial charge on any atom is -0.493 e. The number of para-hydroxylation sites is 1. The van der Waals surface area contributed by atoms with Crippen LogP contribution in [-0.4, -0.2) is 22.7 Å². The van der Waals surface area contributed by atoms with Gasteiger partial charge in [-0.05, 0) is 36.8 Å². The number of ether oxygens (including phenoxy) is 1. The molecule has 0 aliphatic rings. The van der Waals surface area contributed by atoms with Crippen LogP contribution in [0.25, 0.3) is 0 Å². The van der Waals surface area contributed by atoms with Gasteiger partial charge in [0.2, 0.25) is 5.13 Å². The number of nitrogens with one attached hydrogen (secondary N) is 1. The molecular formula is C18H16BrN3O2S2. The van der Waals surface area contributed by atoms with Gasteiger partial charge in [-0.15, -0.1) is 10.2 Å². The van der Waals surface area contributed by atoms with E-state index in [1.54, 1.807) is 30.0 Å². The summed E-state index contributed by atoms with van der Waals surface area (Å²) in [7, 11) is 0. The Morgan fingerprint density at radius 1 is 1.19 bits per heavy atom. The lowest BCUT2D eigenvalue weighted by atomic mass is 10.2. The Morgan fingerprint density at radius 2 is 1.96 bits per heavy atom. The summed E-state index contributed by atoms with van der Waals surface area (Å²) < 4.78 is 7.36. The van der Waals surface area contributed by atoms with E-state index in [2.05, 4.69) is 43.6 Å². The summed E-state index contributed by atoms with van der Waals surface area (Å²) in [6.07, 6.45) is 0. The molecule has 0 radical (unpaired) electrons.